The highest BCUT2D eigenvalue weighted by atomic mass is 16.5. The van der Waals surface area contributed by atoms with E-state index in [1.807, 2.05) is 37.3 Å². The molecule has 1 aliphatic carbocycles. The van der Waals surface area contributed by atoms with Crippen molar-refractivity contribution in [3.8, 4) is 11.6 Å². The maximum Gasteiger partial charge on any atom is 0.221 e. The predicted octanol–water partition coefficient (Wildman–Crippen LogP) is 2.70. The minimum Gasteiger partial charge on any atom is -0.490 e. The third-order valence-corrected chi connectivity index (χ3v) is 3.43. The number of hydrogen-bond donors (Lipinski definition) is 1. The molecule has 1 aliphatic rings. The van der Waals surface area contributed by atoms with Gasteiger partial charge in [-0.1, -0.05) is 18.2 Å². The molecule has 0 aliphatic heterocycles. The number of nitrogen functional groups attached to an aromatic ring is 1. The summed E-state index contributed by atoms with van der Waals surface area (Å²) >= 11 is 0. The predicted molar refractivity (Wildman–Crippen MR) is 80.6 cm³/mol. The Morgan fingerprint density at radius 2 is 1.81 bits per heavy atom. The molecule has 0 radical (unpaired) electrons. The van der Waals surface area contributed by atoms with Gasteiger partial charge in [-0.2, -0.15) is 4.98 Å². The van der Waals surface area contributed by atoms with Gasteiger partial charge in [-0.3, -0.25) is 0 Å². The number of para-hydroxylation sites is 1. The van der Waals surface area contributed by atoms with Crippen molar-refractivity contribution in [2.45, 2.75) is 25.7 Å². The summed E-state index contributed by atoms with van der Waals surface area (Å²) in [5.41, 5.74) is 6.71. The van der Waals surface area contributed by atoms with Crippen LogP contribution in [-0.4, -0.2) is 23.2 Å². The van der Waals surface area contributed by atoms with E-state index in [1.54, 1.807) is 0 Å². The molecule has 110 valence electrons. The van der Waals surface area contributed by atoms with Gasteiger partial charge in [0, 0.05) is 5.92 Å². The maximum absolute atomic E-state index is 5.92. The minimum atomic E-state index is 0.427. The van der Waals surface area contributed by atoms with Crippen LogP contribution in [0.4, 0.5) is 5.82 Å². The molecule has 1 saturated carbocycles. The Labute approximate surface area is 124 Å². The molecule has 0 unspecified atom stereocenters. The van der Waals surface area contributed by atoms with Crippen molar-refractivity contribution in [3.63, 3.8) is 0 Å². The lowest BCUT2D eigenvalue weighted by atomic mass is 10.3. The largest absolute Gasteiger partial charge is 0.490 e. The number of aromatic nitrogens is 2. The first-order chi connectivity index (χ1) is 10.2. The van der Waals surface area contributed by atoms with Gasteiger partial charge in [-0.15, -0.1) is 0 Å². The van der Waals surface area contributed by atoms with E-state index in [-0.39, 0.29) is 0 Å². The second kappa shape index (κ2) is 5.99. The Kier molecular flexibility index (Phi) is 3.90. The SMILES string of the molecule is Cc1c(N)nc(C2CC2)nc1OCCOc1ccccc1. The van der Waals surface area contributed by atoms with Gasteiger partial charge in [-0.05, 0) is 31.9 Å². The fraction of sp³-hybridized carbons (Fsp3) is 0.375. The van der Waals surface area contributed by atoms with Crippen molar-refractivity contribution in [1.82, 2.24) is 9.97 Å². The molecule has 5 heteroatoms. The molecule has 0 bridgehead atoms. The molecule has 2 N–H and O–H groups in total. The minimum absolute atomic E-state index is 0.427. The van der Waals surface area contributed by atoms with E-state index in [2.05, 4.69) is 9.97 Å². The van der Waals surface area contributed by atoms with Gasteiger partial charge in [0.1, 0.15) is 30.6 Å². The summed E-state index contributed by atoms with van der Waals surface area (Å²) in [6, 6.07) is 9.66. The van der Waals surface area contributed by atoms with Gasteiger partial charge < -0.3 is 15.2 Å². The van der Waals surface area contributed by atoms with Gasteiger partial charge in [0.2, 0.25) is 5.88 Å². The second-order valence-electron chi connectivity index (χ2n) is 5.18. The zero-order chi connectivity index (χ0) is 14.7. The first kappa shape index (κ1) is 13.7. The molecule has 0 atom stereocenters. The van der Waals surface area contributed by atoms with Crippen LogP contribution in [0.15, 0.2) is 30.3 Å². The molecule has 1 aromatic heterocycles. The Bertz CT molecular complexity index is 612. The summed E-state index contributed by atoms with van der Waals surface area (Å²) in [6.07, 6.45) is 2.28. The maximum atomic E-state index is 5.92. The topological polar surface area (TPSA) is 70.3 Å². The molecule has 1 aromatic carbocycles. The summed E-state index contributed by atoms with van der Waals surface area (Å²) in [5, 5.41) is 0. The van der Waals surface area contributed by atoms with Gasteiger partial charge in [0.05, 0.1) is 5.56 Å². The van der Waals surface area contributed by atoms with Crippen molar-refractivity contribution in [1.29, 1.82) is 0 Å². The van der Waals surface area contributed by atoms with E-state index in [0.29, 0.717) is 30.8 Å². The van der Waals surface area contributed by atoms with Crippen LogP contribution < -0.4 is 15.2 Å². The van der Waals surface area contributed by atoms with Crippen LogP contribution in [0.1, 0.15) is 30.1 Å². The van der Waals surface area contributed by atoms with Crippen molar-refractivity contribution >= 4 is 5.82 Å². The number of nitrogens with two attached hydrogens (primary N) is 1. The van der Waals surface area contributed by atoms with Crippen molar-refractivity contribution in [2.24, 2.45) is 0 Å². The lowest BCUT2D eigenvalue weighted by Crippen LogP contribution is -2.12. The van der Waals surface area contributed by atoms with Crippen molar-refractivity contribution in [3.05, 3.63) is 41.7 Å². The lowest BCUT2D eigenvalue weighted by Gasteiger charge is -2.11. The standard InChI is InChI=1S/C16H19N3O2/c1-11-14(17)18-15(12-7-8-12)19-16(11)21-10-9-20-13-5-3-2-4-6-13/h2-6,12H,7-10H2,1H3,(H2,17,18,19). The van der Waals surface area contributed by atoms with E-state index >= 15 is 0 Å². The smallest absolute Gasteiger partial charge is 0.221 e. The van der Waals surface area contributed by atoms with Crippen LogP contribution in [0.5, 0.6) is 11.6 Å². The Balaban J connectivity index is 1.57. The molecule has 3 rings (SSSR count). The van der Waals surface area contributed by atoms with E-state index in [1.165, 1.54) is 0 Å². The molecule has 0 saturated heterocycles. The first-order valence-electron chi connectivity index (χ1n) is 7.18. The number of nitrogens with zero attached hydrogens (tertiary/aromatic N) is 2. The highest BCUT2D eigenvalue weighted by Gasteiger charge is 2.28. The Morgan fingerprint density at radius 1 is 1.10 bits per heavy atom. The average Bonchev–Trinajstić information content (AvgIpc) is 3.33. The van der Waals surface area contributed by atoms with Crippen LogP contribution >= 0.6 is 0 Å². The fourth-order valence-electron chi connectivity index (χ4n) is 2.01. The molecular weight excluding hydrogens is 266 g/mol. The summed E-state index contributed by atoms with van der Waals surface area (Å²) < 4.78 is 11.3. The third-order valence-electron chi connectivity index (χ3n) is 3.43. The molecule has 0 amide bonds. The lowest BCUT2D eigenvalue weighted by molar-refractivity contribution is 0.210. The zero-order valence-electron chi connectivity index (χ0n) is 12.1. The number of hydrogen-bond acceptors (Lipinski definition) is 5. The van der Waals surface area contributed by atoms with E-state index in [0.717, 1.165) is 30.0 Å². The fourth-order valence-corrected chi connectivity index (χ4v) is 2.01. The Hall–Kier alpha value is -2.30. The quantitative estimate of drug-likeness (QED) is 0.826. The van der Waals surface area contributed by atoms with E-state index in [4.69, 9.17) is 15.2 Å². The van der Waals surface area contributed by atoms with Gasteiger partial charge >= 0.3 is 0 Å². The van der Waals surface area contributed by atoms with Gasteiger partial charge in [-0.25, -0.2) is 4.98 Å². The van der Waals surface area contributed by atoms with Crippen LogP contribution in [0.3, 0.4) is 0 Å². The third kappa shape index (κ3) is 3.42. The van der Waals surface area contributed by atoms with Crippen LogP contribution in [0.2, 0.25) is 0 Å². The number of ether oxygens (including phenoxy) is 2. The molecule has 2 aromatic rings. The molecule has 5 nitrogen and oxygen atoms in total. The molecule has 1 heterocycles. The zero-order valence-corrected chi connectivity index (χ0v) is 12.1. The normalized spacial score (nSPS) is 14.0. The highest BCUT2D eigenvalue weighted by molar-refractivity contribution is 5.45. The highest BCUT2D eigenvalue weighted by Crippen LogP contribution is 2.39. The molecule has 21 heavy (non-hydrogen) atoms. The van der Waals surface area contributed by atoms with Gasteiger partial charge in [0.15, 0.2) is 0 Å². The summed E-state index contributed by atoms with van der Waals surface area (Å²) in [7, 11) is 0. The number of rotatable bonds is 6. The first-order valence-corrected chi connectivity index (χ1v) is 7.18. The monoisotopic (exact) mass is 285 g/mol. The summed E-state index contributed by atoms with van der Waals surface area (Å²) in [6.45, 7) is 2.77. The molecule has 1 fully saturated rings. The van der Waals surface area contributed by atoms with Gasteiger partial charge in [0.25, 0.3) is 0 Å². The van der Waals surface area contributed by atoms with E-state index in [9.17, 15) is 0 Å². The number of benzene rings is 1. The van der Waals surface area contributed by atoms with Crippen molar-refractivity contribution in [2.75, 3.05) is 18.9 Å². The van der Waals surface area contributed by atoms with E-state index < -0.39 is 0 Å². The summed E-state index contributed by atoms with van der Waals surface area (Å²) in [4.78, 5) is 8.80. The summed E-state index contributed by atoms with van der Waals surface area (Å²) in [5.74, 6) is 3.17. The van der Waals surface area contributed by atoms with Crippen LogP contribution in [-0.2, 0) is 0 Å². The molecular formula is C16H19N3O2. The Morgan fingerprint density at radius 3 is 2.52 bits per heavy atom. The van der Waals surface area contributed by atoms with Crippen LogP contribution in [0, 0.1) is 6.92 Å². The molecule has 0 spiro atoms. The average molecular weight is 285 g/mol. The second-order valence-corrected chi connectivity index (χ2v) is 5.18. The number of anilines is 1. The van der Waals surface area contributed by atoms with Crippen LogP contribution in [0.25, 0.3) is 0 Å². The van der Waals surface area contributed by atoms with Crippen molar-refractivity contribution < 1.29 is 9.47 Å².